The monoisotopic (exact) mass is 172 g/mol. The van der Waals surface area contributed by atoms with Gasteiger partial charge in [-0.15, -0.1) is 0 Å². The summed E-state index contributed by atoms with van der Waals surface area (Å²) in [6.45, 7) is 7.92. The zero-order valence-electron chi connectivity index (χ0n) is 7.89. The zero-order valence-corrected chi connectivity index (χ0v) is 9.89. The summed E-state index contributed by atoms with van der Waals surface area (Å²) >= 11 is 0. The largest absolute Gasteiger partial charge is 0.526 e. The van der Waals surface area contributed by atoms with Crippen LogP contribution in [-0.4, -0.2) is 16.5 Å². The molecule has 0 aromatic rings. The van der Waals surface area contributed by atoms with Crippen molar-refractivity contribution in [2.75, 3.05) is 0 Å². The van der Waals surface area contributed by atoms with E-state index in [0.717, 1.165) is 11.1 Å². The minimum Gasteiger partial charge on any atom is -0.526 e. The Morgan fingerprint density at radius 1 is 1.36 bits per heavy atom. The minimum absolute atomic E-state index is 0.164. The fourth-order valence-corrected chi connectivity index (χ4v) is 1.05. The van der Waals surface area contributed by atoms with Crippen LogP contribution in [-0.2, 0) is 9.22 Å². The lowest BCUT2D eigenvalue weighted by Crippen LogP contribution is -2.07. The second-order valence-corrected chi connectivity index (χ2v) is 3.36. The molecule has 0 atom stereocenters. The summed E-state index contributed by atoms with van der Waals surface area (Å²) in [5.41, 5.74) is 1.88. The minimum atomic E-state index is -0.164. The second kappa shape index (κ2) is 4.33. The molecule has 64 valence electrons. The van der Waals surface area contributed by atoms with Crippen LogP contribution in [0.15, 0.2) is 11.1 Å². The first-order valence-electron chi connectivity index (χ1n) is 3.76. The van der Waals surface area contributed by atoms with Gasteiger partial charge in [0.05, 0.1) is 0 Å². The molecule has 0 rings (SSSR count). The average molecular weight is 172 g/mol. The van der Waals surface area contributed by atoms with Crippen molar-refractivity contribution in [2.24, 2.45) is 5.92 Å². The van der Waals surface area contributed by atoms with Gasteiger partial charge < -0.3 is 4.43 Å². The van der Waals surface area contributed by atoms with Crippen LogP contribution in [0.4, 0.5) is 0 Å². The van der Waals surface area contributed by atoms with Gasteiger partial charge in [0.15, 0.2) is 0 Å². The van der Waals surface area contributed by atoms with E-state index >= 15 is 0 Å². The van der Waals surface area contributed by atoms with Crippen LogP contribution in [0.25, 0.3) is 0 Å². The number of carbonyl (C=O) groups is 1. The Hall–Kier alpha value is -0.573. The topological polar surface area (TPSA) is 26.3 Å². The molecule has 0 spiro atoms. The number of hydrogen-bond acceptors (Lipinski definition) is 2. The summed E-state index contributed by atoms with van der Waals surface area (Å²) < 4.78 is 4.73. The van der Waals surface area contributed by atoms with Crippen molar-refractivity contribution < 1.29 is 9.22 Å². The summed E-state index contributed by atoms with van der Waals surface area (Å²) in [6.07, 6.45) is 0. The molecule has 0 unspecified atom stereocenters. The molecular weight excluding hydrogens is 156 g/mol. The summed E-state index contributed by atoms with van der Waals surface area (Å²) in [6, 6.07) is 0. The maximum absolute atomic E-state index is 11.0. The van der Waals surface area contributed by atoms with Gasteiger partial charge >= 0.3 is 5.97 Å². The van der Waals surface area contributed by atoms with Gasteiger partial charge in [-0.05, 0) is 19.8 Å². The SMILES string of the molecule is CC(C(=O)O[SiH3])=C(C)C(C)C. The molecule has 0 fully saturated rings. The molecule has 0 aliphatic rings. The first-order valence-corrected chi connectivity index (χ1v) is 4.58. The molecular formula is C8H16O2Si. The van der Waals surface area contributed by atoms with E-state index in [-0.39, 0.29) is 5.97 Å². The van der Waals surface area contributed by atoms with Crippen LogP contribution in [0, 0.1) is 5.92 Å². The second-order valence-electron chi connectivity index (χ2n) is 2.95. The first kappa shape index (κ1) is 10.4. The molecule has 2 nitrogen and oxygen atoms in total. The third-order valence-corrected chi connectivity index (χ3v) is 2.32. The highest BCUT2D eigenvalue weighted by molar-refractivity contribution is 6.09. The Morgan fingerprint density at radius 2 is 1.82 bits per heavy atom. The highest BCUT2D eigenvalue weighted by atomic mass is 28.2. The van der Waals surface area contributed by atoms with E-state index < -0.39 is 0 Å². The van der Waals surface area contributed by atoms with Crippen LogP contribution >= 0.6 is 0 Å². The Balaban J connectivity index is 4.52. The zero-order chi connectivity index (χ0) is 9.02. The van der Waals surface area contributed by atoms with Gasteiger partial charge in [0.25, 0.3) is 0 Å². The predicted octanol–water partition coefficient (Wildman–Crippen LogP) is 0.802. The van der Waals surface area contributed by atoms with Crippen molar-refractivity contribution in [3.05, 3.63) is 11.1 Å². The van der Waals surface area contributed by atoms with Crippen molar-refractivity contribution >= 4 is 16.5 Å². The van der Waals surface area contributed by atoms with Crippen LogP contribution < -0.4 is 0 Å². The van der Waals surface area contributed by atoms with Gasteiger partial charge in [0, 0.05) is 5.57 Å². The molecule has 0 amide bonds. The van der Waals surface area contributed by atoms with E-state index in [0.29, 0.717) is 16.4 Å². The van der Waals surface area contributed by atoms with Crippen molar-refractivity contribution in [1.82, 2.24) is 0 Å². The standard InChI is InChI=1S/C8H16O2Si/c1-5(2)6(3)7(4)8(9)10-11/h5H,1-4,11H3. The Bertz CT molecular complexity index is 183. The number of allylic oxidation sites excluding steroid dienone is 1. The predicted molar refractivity (Wildman–Crippen MR) is 49.2 cm³/mol. The van der Waals surface area contributed by atoms with Gasteiger partial charge in [-0.1, -0.05) is 19.4 Å². The molecule has 0 N–H and O–H groups in total. The van der Waals surface area contributed by atoms with Crippen LogP contribution in [0.3, 0.4) is 0 Å². The Labute approximate surface area is 71.2 Å². The number of rotatable bonds is 2. The van der Waals surface area contributed by atoms with E-state index in [2.05, 4.69) is 13.8 Å². The van der Waals surface area contributed by atoms with Crippen molar-refractivity contribution in [1.29, 1.82) is 0 Å². The van der Waals surface area contributed by atoms with E-state index in [1.165, 1.54) is 0 Å². The van der Waals surface area contributed by atoms with Gasteiger partial charge in [-0.25, -0.2) is 4.79 Å². The highest BCUT2D eigenvalue weighted by Gasteiger charge is 2.08. The molecule has 0 bridgehead atoms. The molecule has 0 saturated heterocycles. The summed E-state index contributed by atoms with van der Waals surface area (Å²) in [5.74, 6) is 0.263. The number of carbonyl (C=O) groups excluding carboxylic acids is 1. The lowest BCUT2D eigenvalue weighted by atomic mass is 10.0. The van der Waals surface area contributed by atoms with E-state index in [1.54, 1.807) is 0 Å². The fourth-order valence-electron chi connectivity index (χ4n) is 0.747. The van der Waals surface area contributed by atoms with Gasteiger partial charge in [0.1, 0.15) is 0 Å². The lowest BCUT2D eigenvalue weighted by molar-refractivity contribution is -0.129. The van der Waals surface area contributed by atoms with Crippen LogP contribution in [0.1, 0.15) is 27.7 Å². The Kier molecular flexibility index (Phi) is 4.11. The average Bonchev–Trinajstić information content (AvgIpc) is 2.00. The third kappa shape index (κ3) is 2.88. The molecule has 11 heavy (non-hydrogen) atoms. The summed E-state index contributed by atoms with van der Waals surface area (Å²) in [7, 11) is 0.479. The van der Waals surface area contributed by atoms with Gasteiger partial charge in [-0.3, -0.25) is 0 Å². The van der Waals surface area contributed by atoms with Crippen molar-refractivity contribution in [3.8, 4) is 0 Å². The van der Waals surface area contributed by atoms with E-state index in [9.17, 15) is 4.79 Å². The summed E-state index contributed by atoms with van der Waals surface area (Å²) in [5, 5.41) is 0. The quantitative estimate of drug-likeness (QED) is 0.455. The van der Waals surface area contributed by atoms with Gasteiger partial charge in [-0.2, -0.15) is 0 Å². The lowest BCUT2D eigenvalue weighted by Gasteiger charge is -2.08. The van der Waals surface area contributed by atoms with Crippen LogP contribution in [0.5, 0.6) is 0 Å². The first-order chi connectivity index (χ1) is 5.00. The highest BCUT2D eigenvalue weighted by Crippen LogP contribution is 2.14. The maximum Gasteiger partial charge on any atom is 0.319 e. The molecule has 3 heteroatoms. The third-order valence-electron chi connectivity index (χ3n) is 1.95. The smallest absolute Gasteiger partial charge is 0.319 e. The molecule has 0 aliphatic heterocycles. The molecule has 0 aliphatic carbocycles. The fraction of sp³-hybridized carbons (Fsp3) is 0.625. The van der Waals surface area contributed by atoms with Gasteiger partial charge in [0.2, 0.25) is 10.5 Å². The van der Waals surface area contributed by atoms with Crippen molar-refractivity contribution in [3.63, 3.8) is 0 Å². The Morgan fingerprint density at radius 3 is 2.09 bits per heavy atom. The summed E-state index contributed by atoms with van der Waals surface area (Å²) in [4.78, 5) is 11.0. The van der Waals surface area contributed by atoms with Crippen LogP contribution in [0.2, 0.25) is 0 Å². The molecule has 0 aromatic carbocycles. The normalized spacial score (nSPS) is 13.2. The van der Waals surface area contributed by atoms with E-state index in [1.807, 2.05) is 13.8 Å². The molecule has 0 aromatic heterocycles. The molecule has 0 heterocycles. The van der Waals surface area contributed by atoms with E-state index in [4.69, 9.17) is 4.43 Å². The number of hydrogen-bond donors (Lipinski definition) is 0. The maximum atomic E-state index is 11.0. The van der Waals surface area contributed by atoms with Crippen molar-refractivity contribution in [2.45, 2.75) is 27.7 Å². The molecule has 0 radical (unpaired) electrons. The molecule has 0 saturated carbocycles.